The molecule has 0 saturated carbocycles. The standard InChI is InChI=1S/C87H169NO5/c1-3-5-7-9-11-13-15-17-18-19-20-21-22-38-41-44-47-50-53-56-59-63-67-71-75-79-85(90)84(83-89)88-86(91)80-76-72-68-64-60-57-54-51-48-45-42-39-36-34-32-30-28-26-24-23-25-27-29-31-33-35-37-40-43-46-49-52-55-58-62-66-70-74-78-82-93-87(92)81-77-73-69-65-61-16-14-12-10-8-6-4-2/h12,14,23-24,84-85,89-90H,3-11,13,15-22,25-83H2,1-2H3,(H,88,91)/b14-12-,24-23-. The van der Waals surface area contributed by atoms with E-state index in [1.807, 2.05) is 0 Å². The topological polar surface area (TPSA) is 95.9 Å². The predicted octanol–water partition coefficient (Wildman–Crippen LogP) is 28.8. The Hall–Kier alpha value is -1.66. The Labute approximate surface area is 583 Å². The van der Waals surface area contributed by atoms with Crippen LogP contribution in [0.5, 0.6) is 0 Å². The smallest absolute Gasteiger partial charge is 0.305 e. The molecule has 0 saturated heterocycles. The molecule has 0 rings (SSSR count). The van der Waals surface area contributed by atoms with E-state index in [1.165, 1.54) is 417 Å². The highest BCUT2D eigenvalue weighted by atomic mass is 16.5. The number of carbonyl (C=O) groups is 2. The molecular weight excluding hydrogens is 1140 g/mol. The summed E-state index contributed by atoms with van der Waals surface area (Å²) in [5.41, 5.74) is 0. The van der Waals surface area contributed by atoms with E-state index in [9.17, 15) is 19.8 Å². The lowest BCUT2D eigenvalue weighted by atomic mass is 10.0. The van der Waals surface area contributed by atoms with Crippen molar-refractivity contribution in [2.45, 2.75) is 508 Å². The van der Waals surface area contributed by atoms with E-state index in [0.717, 1.165) is 44.9 Å². The van der Waals surface area contributed by atoms with Crippen molar-refractivity contribution in [3.63, 3.8) is 0 Å². The second-order valence-electron chi connectivity index (χ2n) is 29.9. The van der Waals surface area contributed by atoms with Crippen LogP contribution in [0.15, 0.2) is 24.3 Å². The fourth-order valence-corrected chi connectivity index (χ4v) is 13.9. The van der Waals surface area contributed by atoms with Gasteiger partial charge in [0, 0.05) is 12.8 Å². The molecule has 3 N–H and O–H groups in total. The molecule has 1 amide bonds. The summed E-state index contributed by atoms with van der Waals surface area (Å²) < 4.78 is 5.48. The highest BCUT2D eigenvalue weighted by molar-refractivity contribution is 5.76. The number of amides is 1. The third kappa shape index (κ3) is 79.2. The van der Waals surface area contributed by atoms with Crippen LogP contribution in [-0.2, 0) is 14.3 Å². The maximum atomic E-state index is 12.6. The second-order valence-corrected chi connectivity index (χ2v) is 29.9. The Morgan fingerprint density at radius 3 is 0.785 bits per heavy atom. The van der Waals surface area contributed by atoms with Gasteiger partial charge >= 0.3 is 5.97 Å². The largest absolute Gasteiger partial charge is 0.466 e. The van der Waals surface area contributed by atoms with Gasteiger partial charge in [-0.05, 0) is 77.0 Å². The first-order valence-electron chi connectivity index (χ1n) is 43.1. The van der Waals surface area contributed by atoms with Gasteiger partial charge in [-0.15, -0.1) is 0 Å². The van der Waals surface area contributed by atoms with Gasteiger partial charge in [-0.1, -0.05) is 430 Å². The van der Waals surface area contributed by atoms with Gasteiger partial charge in [0.1, 0.15) is 0 Å². The SMILES string of the molecule is CCCCC/C=C\CCCCCCCC(=O)OCCCCCCCCCCCCCCCCCCCC/C=C\CCCCCCCCCCCCCCCCCCCC(=O)NC(CO)C(O)CCCCCCCCCCCCCCCCCCCCCCCCCCC. The van der Waals surface area contributed by atoms with Gasteiger partial charge in [0.2, 0.25) is 5.91 Å². The molecular formula is C87H169NO5. The maximum absolute atomic E-state index is 12.6. The fourth-order valence-electron chi connectivity index (χ4n) is 13.9. The summed E-state index contributed by atoms with van der Waals surface area (Å²) in [6.07, 6.45) is 107. The number of rotatable bonds is 82. The average molecular weight is 1310 g/mol. The van der Waals surface area contributed by atoms with Crippen LogP contribution in [0.3, 0.4) is 0 Å². The zero-order valence-corrected chi connectivity index (χ0v) is 63.5. The minimum absolute atomic E-state index is 0.0133. The highest BCUT2D eigenvalue weighted by Gasteiger charge is 2.20. The average Bonchev–Trinajstić information content (AvgIpc) is 3.66. The van der Waals surface area contributed by atoms with Crippen molar-refractivity contribution in [3.8, 4) is 0 Å². The van der Waals surface area contributed by atoms with Crippen LogP contribution in [0.4, 0.5) is 0 Å². The Bertz CT molecular complexity index is 1460. The fraction of sp³-hybridized carbons (Fsp3) is 0.931. The van der Waals surface area contributed by atoms with Crippen LogP contribution in [0.25, 0.3) is 0 Å². The Kier molecular flexibility index (Phi) is 81.3. The first-order valence-corrected chi connectivity index (χ1v) is 43.1. The zero-order chi connectivity index (χ0) is 67.0. The van der Waals surface area contributed by atoms with Crippen molar-refractivity contribution >= 4 is 11.9 Å². The van der Waals surface area contributed by atoms with Crippen molar-refractivity contribution < 1.29 is 24.5 Å². The van der Waals surface area contributed by atoms with Crippen LogP contribution in [0, 0.1) is 0 Å². The van der Waals surface area contributed by atoms with Crippen LogP contribution in [0.2, 0.25) is 0 Å². The van der Waals surface area contributed by atoms with E-state index >= 15 is 0 Å². The molecule has 2 unspecified atom stereocenters. The summed E-state index contributed by atoms with van der Waals surface area (Å²) in [5.74, 6) is -0.0109. The van der Waals surface area contributed by atoms with Crippen molar-refractivity contribution in [2.24, 2.45) is 0 Å². The van der Waals surface area contributed by atoms with Gasteiger partial charge in [0.05, 0.1) is 25.4 Å². The molecule has 0 aromatic heterocycles. The lowest BCUT2D eigenvalue weighted by molar-refractivity contribution is -0.143. The van der Waals surface area contributed by atoms with Crippen molar-refractivity contribution in [2.75, 3.05) is 13.2 Å². The molecule has 0 fully saturated rings. The number of carbonyl (C=O) groups excluding carboxylic acids is 2. The van der Waals surface area contributed by atoms with E-state index in [4.69, 9.17) is 4.74 Å². The predicted molar refractivity (Wildman–Crippen MR) is 412 cm³/mol. The molecule has 0 radical (unpaired) electrons. The molecule has 6 heteroatoms. The molecule has 0 aliphatic carbocycles. The van der Waals surface area contributed by atoms with E-state index in [-0.39, 0.29) is 18.5 Å². The third-order valence-corrected chi connectivity index (χ3v) is 20.5. The van der Waals surface area contributed by atoms with Crippen LogP contribution in [-0.4, -0.2) is 47.4 Å². The zero-order valence-electron chi connectivity index (χ0n) is 63.5. The lowest BCUT2D eigenvalue weighted by Gasteiger charge is -2.22. The first-order chi connectivity index (χ1) is 46.0. The number of nitrogens with one attached hydrogen (secondary N) is 1. The van der Waals surface area contributed by atoms with E-state index in [0.29, 0.717) is 25.9 Å². The monoisotopic (exact) mass is 1310 g/mol. The molecule has 0 bridgehead atoms. The lowest BCUT2D eigenvalue weighted by Crippen LogP contribution is -2.45. The van der Waals surface area contributed by atoms with Crippen molar-refractivity contribution in [3.05, 3.63) is 24.3 Å². The summed E-state index contributed by atoms with van der Waals surface area (Å²) in [4.78, 5) is 24.6. The molecule has 0 aliphatic rings. The van der Waals surface area contributed by atoms with Crippen LogP contribution >= 0.6 is 0 Å². The molecule has 0 spiro atoms. The number of aliphatic hydroxyl groups excluding tert-OH is 2. The van der Waals surface area contributed by atoms with E-state index < -0.39 is 12.1 Å². The van der Waals surface area contributed by atoms with E-state index in [2.05, 4.69) is 43.5 Å². The molecule has 2 atom stereocenters. The molecule has 6 nitrogen and oxygen atoms in total. The summed E-state index contributed by atoms with van der Waals surface area (Å²) >= 11 is 0. The molecule has 0 aromatic rings. The third-order valence-electron chi connectivity index (χ3n) is 20.5. The number of allylic oxidation sites excluding steroid dienone is 4. The molecule has 93 heavy (non-hydrogen) atoms. The summed E-state index contributed by atoms with van der Waals surface area (Å²) in [5, 5.41) is 23.5. The first kappa shape index (κ1) is 91.3. The number of hydrogen-bond acceptors (Lipinski definition) is 5. The number of hydrogen-bond donors (Lipinski definition) is 3. The minimum atomic E-state index is -0.663. The Balaban J connectivity index is 3.33. The summed E-state index contributed by atoms with van der Waals surface area (Å²) in [6.45, 7) is 4.99. The van der Waals surface area contributed by atoms with Gasteiger partial charge in [0.15, 0.2) is 0 Å². The van der Waals surface area contributed by atoms with Gasteiger partial charge in [-0.2, -0.15) is 0 Å². The van der Waals surface area contributed by atoms with E-state index in [1.54, 1.807) is 0 Å². The quantitative estimate of drug-likeness (QED) is 0.0320. The minimum Gasteiger partial charge on any atom is -0.466 e. The van der Waals surface area contributed by atoms with Crippen LogP contribution in [0.1, 0.15) is 495 Å². The molecule has 0 heterocycles. The van der Waals surface area contributed by atoms with Gasteiger partial charge in [-0.3, -0.25) is 9.59 Å². The number of esters is 1. The van der Waals surface area contributed by atoms with Crippen molar-refractivity contribution in [1.29, 1.82) is 0 Å². The molecule has 0 aromatic carbocycles. The summed E-state index contributed by atoms with van der Waals surface area (Å²) in [7, 11) is 0. The second kappa shape index (κ2) is 82.8. The number of ether oxygens (including phenoxy) is 1. The Morgan fingerprint density at radius 1 is 0.290 bits per heavy atom. The number of unbranched alkanes of at least 4 members (excludes halogenated alkanes) is 67. The van der Waals surface area contributed by atoms with Crippen LogP contribution < -0.4 is 5.32 Å². The highest BCUT2D eigenvalue weighted by Crippen LogP contribution is 2.21. The normalized spacial score (nSPS) is 12.5. The van der Waals surface area contributed by atoms with Gasteiger partial charge in [-0.25, -0.2) is 0 Å². The Morgan fingerprint density at radius 2 is 0.505 bits per heavy atom. The number of aliphatic hydroxyl groups is 2. The van der Waals surface area contributed by atoms with Gasteiger partial charge in [0.25, 0.3) is 0 Å². The maximum Gasteiger partial charge on any atom is 0.305 e. The van der Waals surface area contributed by atoms with Crippen molar-refractivity contribution in [1.82, 2.24) is 5.32 Å². The molecule has 0 aliphatic heterocycles. The van der Waals surface area contributed by atoms with Gasteiger partial charge < -0.3 is 20.3 Å². The molecule has 552 valence electrons. The summed E-state index contributed by atoms with van der Waals surface area (Å²) in [6, 6.07) is -0.539.